The van der Waals surface area contributed by atoms with E-state index in [-0.39, 0.29) is 11.6 Å². The Kier molecular flexibility index (Phi) is 3.92. The maximum absolute atomic E-state index is 14.4. The van der Waals surface area contributed by atoms with Crippen molar-refractivity contribution in [3.63, 3.8) is 0 Å². The molecule has 0 amide bonds. The molecule has 3 rings (SSSR count). The smallest absolute Gasteiger partial charge is 0.131 e. The van der Waals surface area contributed by atoms with Crippen molar-refractivity contribution in [1.82, 2.24) is 0 Å². The van der Waals surface area contributed by atoms with Gasteiger partial charge in [-0.25, -0.2) is 4.39 Å². The van der Waals surface area contributed by atoms with Crippen molar-refractivity contribution in [2.24, 2.45) is 0 Å². The Hall–Kier alpha value is -2.61. The molecule has 22 heavy (non-hydrogen) atoms. The first-order chi connectivity index (χ1) is 10.7. The highest BCUT2D eigenvalue weighted by Gasteiger charge is 2.07. The molecule has 3 aromatic carbocycles. The van der Waals surface area contributed by atoms with Gasteiger partial charge < -0.3 is 5.11 Å². The molecule has 0 bridgehead atoms. The van der Waals surface area contributed by atoms with Crippen LogP contribution in [0, 0.1) is 5.82 Å². The molecule has 0 fully saturated rings. The van der Waals surface area contributed by atoms with E-state index in [9.17, 15) is 9.50 Å². The number of phenols is 1. The second-order valence-corrected chi connectivity index (χ2v) is 5.29. The molecule has 0 radical (unpaired) electrons. The molecule has 1 N–H and O–H groups in total. The van der Waals surface area contributed by atoms with E-state index in [4.69, 9.17) is 0 Å². The Morgan fingerprint density at radius 1 is 0.773 bits per heavy atom. The van der Waals surface area contributed by atoms with Crippen molar-refractivity contribution in [2.75, 3.05) is 0 Å². The minimum atomic E-state index is -0.241. The van der Waals surface area contributed by atoms with E-state index in [1.54, 1.807) is 30.3 Å². The molecular weight excluding hydrogens is 275 g/mol. The van der Waals surface area contributed by atoms with Crippen LogP contribution in [0.1, 0.15) is 12.5 Å². The fourth-order valence-corrected chi connectivity index (χ4v) is 2.50. The lowest BCUT2D eigenvalue weighted by Crippen LogP contribution is -1.87. The van der Waals surface area contributed by atoms with E-state index in [1.807, 2.05) is 30.3 Å². The topological polar surface area (TPSA) is 20.2 Å². The molecule has 2 heteroatoms. The lowest BCUT2D eigenvalue weighted by atomic mass is 9.98. The van der Waals surface area contributed by atoms with E-state index in [0.717, 1.165) is 23.1 Å². The Bertz CT molecular complexity index is 774. The van der Waals surface area contributed by atoms with Gasteiger partial charge in [-0.05, 0) is 46.9 Å². The van der Waals surface area contributed by atoms with Gasteiger partial charge in [-0.15, -0.1) is 0 Å². The third kappa shape index (κ3) is 2.86. The molecule has 0 aliphatic carbocycles. The minimum absolute atomic E-state index is 0.205. The van der Waals surface area contributed by atoms with Crippen LogP contribution in [0.3, 0.4) is 0 Å². The van der Waals surface area contributed by atoms with Crippen LogP contribution in [0.4, 0.5) is 4.39 Å². The summed E-state index contributed by atoms with van der Waals surface area (Å²) in [5.74, 6) is -0.0355. The zero-order valence-corrected chi connectivity index (χ0v) is 12.4. The van der Waals surface area contributed by atoms with Crippen LogP contribution in [0.5, 0.6) is 5.75 Å². The summed E-state index contributed by atoms with van der Waals surface area (Å²) in [6, 6.07) is 20.0. The Morgan fingerprint density at radius 2 is 1.36 bits per heavy atom. The number of benzene rings is 3. The van der Waals surface area contributed by atoms with Crippen LogP contribution < -0.4 is 0 Å². The third-order valence-corrected chi connectivity index (χ3v) is 3.84. The predicted octanol–water partition coefficient (Wildman–Crippen LogP) is 5.43. The lowest BCUT2D eigenvalue weighted by molar-refractivity contribution is 0.475. The summed E-state index contributed by atoms with van der Waals surface area (Å²) in [5, 5.41) is 9.32. The van der Waals surface area contributed by atoms with E-state index in [0.29, 0.717) is 5.56 Å². The molecule has 0 spiro atoms. The summed E-state index contributed by atoms with van der Waals surface area (Å²) in [6.45, 7) is 2.10. The van der Waals surface area contributed by atoms with Crippen LogP contribution in [-0.2, 0) is 6.42 Å². The average molecular weight is 292 g/mol. The highest BCUT2D eigenvalue weighted by Crippen LogP contribution is 2.29. The maximum atomic E-state index is 14.4. The molecule has 0 heterocycles. The molecular formula is C20H17FO. The second-order valence-electron chi connectivity index (χ2n) is 5.29. The van der Waals surface area contributed by atoms with Gasteiger partial charge in [0.05, 0.1) is 0 Å². The molecule has 0 unspecified atom stereocenters. The normalized spacial score (nSPS) is 10.6. The van der Waals surface area contributed by atoms with Crippen LogP contribution in [0.2, 0.25) is 0 Å². The van der Waals surface area contributed by atoms with Gasteiger partial charge in [0, 0.05) is 5.56 Å². The molecule has 0 saturated carbocycles. The van der Waals surface area contributed by atoms with Crippen molar-refractivity contribution in [1.29, 1.82) is 0 Å². The van der Waals surface area contributed by atoms with Crippen LogP contribution in [0.25, 0.3) is 22.3 Å². The van der Waals surface area contributed by atoms with Crippen molar-refractivity contribution in [2.45, 2.75) is 13.3 Å². The van der Waals surface area contributed by atoms with Gasteiger partial charge in [0.2, 0.25) is 0 Å². The first-order valence-electron chi connectivity index (χ1n) is 7.35. The largest absolute Gasteiger partial charge is 0.508 e. The predicted molar refractivity (Wildman–Crippen MR) is 88.3 cm³/mol. The zero-order valence-electron chi connectivity index (χ0n) is 12.4. The van der Waals surface area contributed by atoms with Crippen LogP contribution in [0.15, 0.2) is 66.7 Å². The standard InChI is InChI=1S/C20H17FO/c1-2-14-3-5-16(6-4-14)19-12-9-17(13-20(19)21)15-7-10-18(22)11-8-15/h3-13,22H,2H2,1H3. The Labute approximate surface area is 129 Å². The molecule has 0 aliphatic rings. The molecule has 0 saturated heterocycles. The summed E-state index contributed by atoms with van der Waals surface area (Å²) in [6.07, 6.45) is 0.975. The highest BCUT2D eigenvalue weighted by atomic mass is 19.1. The van der Waals surface area contributed by atoms with Crippen molar-refractivity contribution in [3.8, 4) is 28.0 Å². The van der Waals surface area contributed by atoms with E-state index in [1.165, 1.54) is 11.6 Å². The maximum Gasteiger partial charge on any atom is 0.131 e. The van der Waals surface area contributed by atoms with E-state index < -0.39 is 0 Å². The van der Waals surface area contributed by atoms with Crippen molar-refractivity contribution < 1.29 is 9.50 Å². The highest BCUT2D eigenvalue weighted by molar-refractivity contribution is 5.71. The van der Waals surface area contributed by atoms with Gasteiger partial charge in [0.25, 0.3) is 0 Å². The van der Waals surface area contributed by atoms with Gasteiger partial charge in [0.15, 0.2) is 0 Å². The van der Waals surface area contributed by atoms with Crippen molar-refractivity contribution in [3.05, 3.63) is 78.1 Å². The number of phenolic OH excluding ortho intramolecular Hbond substituents is 1. The van der Waals surface area contributed by atoms with Crippen molar-refractivity contribution >= 4 is 0 Å². The lowest BCUT2D eigenvalue weighted by Gasteiger charge is -2.08. The quantitative estimate of drug-likeness (QED) is 0.682. The zero-order chi connectivity index (χ0) is 15.5. The molecule has 0 aromatic heterocycles. The summed E-state index contributed by atoms with van der Waals surface area (Å²) < 4.78 is 14.4. The molecule has 0 aliphatic heterocycles. The van der Waals surface area contributed by atoms with E-state index in [2.05, 4.69) is 6.92 Å². The fraction of sp³-hybridized carbons (Fsp3) is 0.100. The van der Waals surface area contributed by atoms with Gasteiger partial charge in [0.1, 0.15) is 11.6 Å². The monoisotopic (exact) mass is 292 g/mol. The summed E-state index contributed by atoms with van der Waals surface area (Å²) in [5.41, 5.74) is 4.40. The minimum Gasteiger partial charge on any atom is -0.508 e. The van der Waals surface area contributed by atoms with Crippen LogP contribution in [-0.4, -0.2) is 5.11 Å². The first-order valence-corrected chi connectivity index (χ1v) is 7.35. The van der Waals surface area contributed by atoms with Gasteiger partial charge in [-0.3, -0.25) is 0 Å². The number of aryl methyl sites for hydroxylation is 1. The fourth-order valence-electron chi connectivity index (χ4n) is 2.50. The molecule has 0 atom stereocenters. The summed E-state index contributed by atoms with van der Waals surface area (Å²) >= 11 is 0. The summed E-state index contributed by atoms with van der Waals surface area (Å²) in [7, 11) is 0. The number of halogens is 1. The van der Waals surface area contributed by atoms with Gasteiger partial charge in [-0.2, -0.15) is 0 Å². The summed E-state index contributed by atoms with van der Waals surface area (Å²) in [4.78, 5) is 0. The molecule has 1 nitrogen and oxygen atoms in total. The Balaban J connectivity index is 1.96. The number of rotatable bonds is 3. The van der Waals surface area contributed by atoms with Gasteiger partial charge in [-0.1, -0.05) is 55.5 Å². The van der Waals surface area contributed by atoms with Gasteiger partial charge >= 0.3 is 0 Å². The molecule has 110 valence electrons. The first kappa shape index (κ1) is 14.3. The Morgan fingerprint density at radius 3 is 1.95 bits per heavy atom. The van der Waals surface area contributed by atoms with Crippen LogP contribution >= 0.6 is 0 Å². The number of hydrogen-bond acceptors (Lipinski definition) is 1. The number of aromatic hydroxyl groups is 1. The average Bonchev–Trinajstić information content (AvgIpc) is 2.56. The van der Waals surface area contributed by atoms with E-state index >= 15 is 0 Å². The molecule has 3 aromatic rings. The number of hydrogen-bond donors (Lipinski definition) is 1. The SMILES string of the molecule is CCc1ccc(-c2ccc(-c3ccc(O)cc3)cc2F)cc1. The second kappa shape index (κ2) is 6.02. The third-order valence-electron chi connectivity index (χ3n) is 3.84.